The maximum atomic E-state index is 2.74. The summed E-state index contributed by atoms with van der Waals surface area (Å²) < 4.78 is 0. The van der Waals surface area contributed by atoms with Crippen molar-refractivity contribution in [1.29, 1.82) is 0 Å². The molecule has 0 radical (unpaired) electrons. The lowest BCUT2D eigenvalue weighted by molar-refractivity contribution is 0.327. The van der Waals surface area contributed by atoms with Crippen LogP contribution >= 0.6 is 0 Å². The molecule has 2 heterocycles. The van der Waals surface area contributed by atoms with Crippen LogP contribution in [0, 0.1) is 23.7 Å². The van der Waals surface area contributed by atoms with Gasteiger partial charge >= 0.3 is 0 Å². The van der Waals surface area contributed by atoms with Crippen LogP contribution < -0.4 is 26.2 Å². The summed E-state index contributed by atoms with van der Waals surface area (Å²) in [7, 11) is 0. The van der Waals surface area contributed by atoms with Crippen LogP contribution in [0.25, 0.3) is 22.3 Å². The highest BCUT2D eigenvalue weighted by atomic mass is 15.2. The van der Waals surface area contributed by atoms with Crippen molar-refractivity contribution in [1.82, 2.24) is 0 Å². The summed E-state index contributed by atoms with van der Waals surface area (Å²) in [6.45, 7) is 0.129. The van der Waals surface area contributed by atoms with Crippen molar-refractivity contribution in [2.24, 2.45) is 23.7 Å². The van der Waals surface area contributed by atoms with Gasteiger partial charge in [-0.2, -0.15) is 0 Å². The highest BCUT2D eigenvalue weighted by Crippen LogP contribution is 2.67. The lowest BCUT2D eigenvalue weighted by Crippen LogP contribution is -2.61. The molecule has 8 aliphatic rings. The Morgan fingerprint density at radius 1 is 0.407 bits per heavy atom. The Labute approximate surface area is 347 Å². The molecule has 3 unspecified atom stereocenters. The molecule has 2 spiro atoms. The minimum atomic E-state index is 0.124. The molecule has 4 saturated carbocycles. The van der Waals surface area contributed by atoms with E-state index in [1.165, 1.54) is 124 Å². The summed E-state index contributed by atoms with van der Waals surface area (Å²) in [6.07, 6.45) is 10.9. The minimum absolute atomic E-state index is 0.124. The first kappa shape index (κ1) is 32.1. The van der Waals surface area contributed by atoms with Crippen LogP contribution in [-0.2, 0) is 10.8 Å². The molecule has 282 valence electrons. The standard InChI is InChI=1S/C56H45BN2/c1-2-11-38(12-3-1)58-51-19-10-20-52-54(51)57(49-31-47-43(30-53(49)58)41-14-5-7-16-45(41)56(47)33-35-22-24-37(56)28-35)48-17-8-9-18-50(48)59(52)39-25-26-42-40-13-4-6-15-44(40)55(46(42)29-39)32-34-21-23-36(55)27-34/h1-20,25-26,29-31,34-37H,21-24,27-28,32-33H2/t34-,35?,36+,37?,55-,56?/m0/s1. The van der Waals surface area contributed by atoms with E-state index in [9.17, 15) is 0 Å². The van der Waals surface area contributed by atoms with Crippen molar-refractivity contribution in [2.75, 3.05) is 9.80 Å². The van der Waals surface area contributed by atoms with Crippen LogP contribution in [0.2, 0.25) is 0 Å². The van der Waals surface area contributed by atoms with Crippen LogP contribution in [0.15, 0.2) is 152 Å². The van der Waals surface area contributed by atoms with E-state index >= 15 is 0 Å². The van der Waals surface area contributed by atoms with Gasteiger partial charge in [-0.1, -0.05) is 116 Å². The van der Waals surface area contributed by atoms with Crippen molar-refractivity contribution < 1.29 is 0 Å². The predicted molar refractivity (Wildman–Crippen MR) is 244 cm³/mol. The monoisotopic (exact) mass is 756 g/mol. The van der Waals surface area contributed by atoms with Gasteiger partial charge in [0.15, 0.2) is 0 Å². The van der Waals surface area contributed by atoms with Crippen molar-refractivity contribution >= 4 is 57.2 Å². The molecule has 0 saturated heterocycles. The SMILES string of the molecule is c1ccc(N2c3cc4c(cc3B3c5ccccc5N(c5ccc6c(c5)[C@]5(C[C@H]7CC[C@@H]5C7)c5ccccc5-6)c5cccc2c53)C2(CC3CCC2C3)c2ccccc2-4)cc1. The summed E-state index contributed by atoms with van der Waals surface area (Å²) in [6, 6.07) is 59.6. The van der Waals surface area contributed by atoms with Gasteiger partial charge in [-0.25, -0.2) is 0 Å². The van der Waals surface area contributed by atoms with E-state index in [-0.39, 0.29) is 17.5 Å². The largest absolute Gasteiger partial charge is 0.311 e. The first-order chi connectivity index (χ1) is 29.2. The summed E-state index contributed by atoms with van der Waals surface area (Å²) in [5.41, 5.74) is 24.6. The third-order valence-corrected chi connectivity index (χ3v) is 17.4. The van der Waals surface area contributed by atoms with Gasteiger partial charge < -0.3 is 9.80 Å². The van der Waals surface area contributed by atoms with E-state index in [2.05, 4.69) is 161 Å². The molecule has 4 bridgehead atoms. The Morgan fingerprint density at radius 3 is 1.66 bits per heavy atom. The van der Waals surface area contributed by atoms with Gasteiger partial charge in [0.1, 0.15) is 0 Å². The number of anilines is 6. The Bertz CT molecular complexity index is 2990. The molecule has 15 rings (SSSR count). The fourth-order valence-electron chi connectivity index (χ4n) is 15.4. The molecule has 6 aliphatic carbocycles. The fraction of sp³-hybridized carbons (Fsp3) is 0.250. The van der Waals surface area contributed by atoms with E-state index < -0.39 is 0 Å². The third kappa shape index (κ3) is 3.80. The second-order valence-electron chi connectivity index (χ2n) is 19.6. The van der Waals surface area contributed by atoms with Crippen molar-refractivity contribution in [3.63, 3.8) is 0 Å². The molecule has 2 aliphatic heterocycles. The zero-order valence-corrected chi connectivity index (χ0v) is 33.4. The number of para-hydroxylation sites is 2. The zero-order chi connectivity index (χ0) is 38.2. The van der Waals surface area contributed by atoms with E-state index in [1.54, 1.807) is 22.3 Å². The van der Waals surface area contributed by atoms with Gasteiger partial charge in [0.2, 0.25) is 0 Å². The quantitative estimate of drug-likeness (QED) is 0.162. The van der Waals surface area contributed by atoms with Crippen molar-refractivity contribution in [3.05, 3.63) is 174 Å². The van der Waals surface area contributed by atoms with Crippen molar-refractivity contribution in [2.45, 2.75) is 62.2 Å². The fourth-order valence-corrected chi connectivity index (χ4v) is 15.4. The first-order valence-electron chi connectivity index (χ1n) is 22.6. The Hall–Kier alpha value is -5.80. The third-order valence-electron chi connectivity index (χ3n) is 17.4. The summed E-state index contributed by atoms with van der Waals surface area (Å²) >= 11 is 0. The number of fused-ring (bicyclic) bond motifs is 20. The van der Waals surface area contributed by atoms with E-state index in [4.69, 9.17) is 0 Å². The summed E-state index contributed by atoms with van der Waals surface area (Å²) in [5, 5.41) is 0. The zero-order valence-electron chi connectivity index (χ0n) is 33.4. The van der Waals surface area contributed by atoms with Crippen molar-refractivity contribution in [3.8, 4) is 22.3 Å². The maximum Gasteiger partial charge on any atom is 0.252 e. The number of nitrogens with zero attached hydrogens (tertiary/aromatic N) is 2. The summed E-state index contributed by atoms with van der Waals surface area (Å²) in [5.74, 6) is 3.14. The van der Waals surface area contributed by atoms with Gasteiger partial charge in [0.25, 0.3) is 6.71 Å². The average Bonchev–Trinajstić information content (AvgIpc) is 4.17. The van der Waals surface area contributed by atoms with Crippen LogP contribution in [0.1, 0.15) is 73.6 Å². The molecular formula is C56H45BN2. The number of rotatable bonds is 2. The molecule has 7 aromatic carbocycles. The number of hydrogen-bond donors (Lipinski definition) is 0. The van der Waals surface area contributed by atoms with Gasteiger partial charge in [0, 0.05) is 45.0 Å². The summed E-state index contributed by atoms with van der Waals surface area (Å²) in [4.78, 5) is 5.25. The van der Waals surface area contributed by atoms with Crippen LogP contribution in [0.5, 0.6) is 0 Å². The lowest BCUT2D eigenvalue weighted by atomic mass is 9.33. The topological polar surface area (TPSA) is 6.48 Å². The molecule has 3 heteroatoms. The second kappa shape index (κ2) is 11.1. The van der Waals surface area contributed by atoms with Crippen LogP contribution in [0.4, 0.5) is 34.1 Å². The molecule has 0 aromatic heterocycles. The molecular weight excluding hydrogens is 711 g/mol. The molecule has 0 amide bonds. The number of hydrogen-bond acceptors (Lipinski definition) is 2. The molecule has 0 N–H and O–H groups in total. The lowest BCUT2D eigenvalue weighted by Gasteiger charge is -2.45. The second-order valence-corrected chi connectivity index (χ2v) is 19.6. The predicted octanol–water partition coefficient (Wildman–Crippen LogP) is 11.9. The number of benzene rings is 7. The first-order valence-corrected chi connectivity index (χ1v) is 22.6. The molecule has 6 atom stereocenters. The van der Waals surface area contributed by atoms with E-state index in [1.807, 2.05) is 0 Å². The highest BCUT2D eigenvalue weighted by Gasteiger charge is 2.59. The average molecular weight is 757 g/mol. The molecule has 59 heavy (non-hydrogen) atoms. The maximum absolute atomic E-state index is 2.74. The smallest absolute Gasteiger partial charge is 0.252 e. The van der Waals surface area contributed by atoms with Crippen LogP contribution in [-0.4, -0.2) is 6.71 Å². The minimum Gasteiger partial charge on any atom is -0.311 e. The van der Waals surface area contributed by atoms with E-state index in [0.29, 0.717) is 0 Å². The van der Waals surface area contributed by atoms with Gasteiger partial charge in [0.05, 0.1) is 0 Å². The molecule has 4 fully saturated rings. The van der Waals surface area contributed by atoms with Gasteiger partial charge in [-0.15, -0.1) is 0 Å². The van der Waals surface area contributed by atoms with Gasteiger partial charge in [-0.3, -0.25) is 0 Å². The highest BCUT2D eigenvalue weighted by molar-refractivity contribution is 7.00. The normalized spacial score (nSPS) is 27.5. The molecule has 2 nitrogen and oxygen atoms in total. The molecule has 7 aromatic rings. The Morgan fingerprint density at radius 2 is 0.983 bits per heavy atom. The Balaban J connectivity index is 0.981. The van der Waals surface area contributed by atoms with Crippen LogP contribution in [0.3, 0.4) is 0 Å². The van der Waals surface area contributed by atoms with E-state index in [0.717, 1.165) is 23.7 Å². The Kier molecular flexibility index (Phi) is 6.02. The van der Waals surface area contributed by atoms with Gasteiger partial charge in [-0.05, 0) is 172 Å².